The molecule has 0 saturated heterocycles. The van der Waals surface area contributed by atoms with E-state index >= 15 is 0 Å². The molecule has 1 nitrogen and oxygen atoms in total. The van der Waals surface area contributed by atoms with E-state index in [0.29, 0.717) is 0 Å². The van der Waals surface area contributed by atoms with Crippen molar-refractivity contribution >= 4 is 0 Å². The summed E-state index contributed by atoms with van der Waals surface area (Å²) in [5, 5.41) is 3.85. The molecule has 2 fully saturated rings. The van der Waals surface area contributed by atoms with Gasteiger partial charge in [-0.3, -0.25) is 0 Å². The molecular weight excluding hydrogens is 158 g/mol. The maximum Gasteiger partial charge on any atom is 0.0102 e. The van der Waals surface area contributed by atoms with E-state index in [9.17, 15) is 0 Å². The highest BCUT2D eigenvalue weighted by Gasteiger charge is 2.38. The minimum atomic E-state index is 0.867. The lowest BCUT2D eigenvalue weighted by molar-refractivity contribution is 0.381. The van der Waals surface area contributed by atoms with Crippen LogP contribution in [0, 0.1) is 11.8 Å². The van der Waals surface area contributed by atoms with Crippen molar-refractivity contribution < 1.29 is 0 Å². The standard InChI is InChI=1S/C12H23N/c1-3-9-6-5-7-11(9)13-12-8-10(12)4-2/h9-13H,3-8H2,1-2H3. The van der Waals surface area contributed by atoms with Gasteiger partial charge >= 0.3 is 0 Å². The first kappa shape index (κ1) is 9.51. The second kappa shape index (κ2) is 4.00. The molecule has 2 aliphatic carbocycles. The highest BCUT2D eigenvalue weighted by molar-refractivity contribution is 4.96. The Labute approximate surface area is 82.3 Å². The van der Waals surface area contributed by atoms with Gasteiger partial charge in [0.05, 0.1) is 0 Å². The molecule has 0 bridgehead atoms. The molecule has 0 aromatic heterocycles. The van der Waals surface area contributed by atoms with Crippen LogP contribution in [0.5, 0.6) is 0 Å². The molecule has 1 N–H and O–H groups in total. The first-order valence-corrected chi connectivity index (χ1v) is 6.11. The smallest absolute Gasteiger partial charge is 0.0102 e. The summed E-state index contributed by atoms with van der Waals surface area (Å²) in [5.41, 5.74) is 0. The Morgan fingerprint density at radius 3 is 2.38 bits per heavy atom. The summed E-state index contributed by atoms with van der Waals surface area (Å²) in [5.74, 6) is 2.00. The third kappa shape index (κ3) is 2.07. The van der Waals surface area contributed by atoms with Crippen LogP contribution < -0.4 is 5.32 Å². The fraction of sp³-hybridized carbons (Fsp3) is 1.00. The van der Waals surface area contributed by atoms with E-state index in [-0.39, 0.29) is 0 Å². The molecule has 4 unspecified atom stereocenters. The molecule has 0 aliphatic heterocycles. The molecule has 13 heavy (non-hydrogen) atoms. The monoisotopic (exact) mass is 181 g/mol. The quantitative estimate of drug-likeness (QED) is 0.703. The third-order valence-corrected chi connectivity index (χ3v) is 4.06. The molecule has 4 atom stereocenters. The largest absolute Gasteiger partial charge is 0.311 e. The lowest BCUT2D eigenvalue weighted by Crippen LogP contribution is -2.34. The molecule has 2 saturated carbocycles. The average Bonchev–Trinajstić information content (AvgIpc) is 2.74. The SMILES string of the molecule is CCC1CCCC1NC1CC1CC. The van der Waals surface area contributed by atoms with Crippen LogP contribution >= 0.6 is 0 Å². The Bertz CT molecular complexity index is 167. The van der Waals surface area contributed by atoms with Gasteiger partial charge in [0.25, 0.3) is 0 Å². The predicted octanol–water partition coefficient (Wildman–Crippen LogP) is 2.95. The van der Waals surface area contributed by atoms with Crippen LogP contribution in [0.4, 0.5) is 0 Å². The van der Waals surface area contributed by atoms with Gasteiger partial charge in [0.2, 0.25) is 0 Å². The molecular formula is C12H23N. The van der Waals surface area contributed by atoms with Gasteiger partial charge in [-0.25, -0.2) is 0 Å². The van der Waals surface area contributed by atoms with Crippen LogP contribution in [0.3, 0.4) is 0 Å². The molecule has 0 heterocycles. The van der Waals surface area contributed by atoms with Crippen LogP contribution in [-0.4, -0.2) is 12.1 Å². The molecule has 0 spiro atoms. The molecule has 2 rings (SSSR count). The maximum atomic E-state index is 3.85. The van der Waals surface area contributed by atoms with Crippen LogP contribution in [0.25, 0.3) is 0 Å². The van der Waals surface area contributed by atoms with Gasteiger partial charge in [0.1, 0.15) is 0 Å². The van der Waals surface area contributed by atoms with Crippen molar-refractivity contribution in [3.63, 3.8) is 0 Å². The van der Waals surface area contributed by atoms with Gasteiger partial charge in [-0.2, -0.15) is 0 Å². The van der Waals surface area contributed by atoms with E-state index < -0.39 is 0 Å². The molecule has 1 heteroatoms. The summed E-state index contributed by atoms with van der Waals surface area (Å²) in [7, 11) is 0. The summed E-state index contributed by atoms with van der Waals surface area (Å²) >= 11 is 0. The number of nitrogens with one attached hydrogen (secondary N) is 1. The van der Waals surface area contributed by atoms with Gasteiger partial charge in [-0.05, 0) is 31.1 Å². The Balaban J connectivity index is 1.75. The molecule has 0 radical (unpaired) electrons. The molecule has 0 aromatic rings. The van der Waals surface area contributed by atoms with Crippen molar-refractivity contribution in [2.24, 2.45) is 11.8 Å². The van der Waals surface area contributed by atoms with Crippen molar-refractivity contribution in [1.82, 2.24) is 5.32 Å². The van der Waals surface area contributed by atoms with E-state index in [4.69, 9.17) is 0 Å². The minimum Gasteiger partial charge on any atom is -0.311 e. The zero-order valence-electron chi connectivity index (χ0n) is 9.05. The van der Waals surface area contributed by atoms with Crippen LogP contribution in [-0.2, 0) is 0 Å². The fourth-order valence-corrected chi connectivity index (χ4v) is 2.92. The Morgan fingerprint density at radius 2 is 1.77 bits per heavy atom. The van der Waals surface area contributed by atoms with Crippen molar-refractivity contribution in [2.45, 2.75) is 64.5 Å². The predicted molar refractivity (Wildman–Crippen MR) is 56.7 cm³/mol. The lowest BCUT2D eigenvalue weighted by Gasteiger charge is -2.19. The third-order valence-electron chi connectivity index (χ3n) is 4.06. The van der Waals surface area contributed by atoms with Gasteiger partial charge in [-0.1, -0.05) is 33.1 Å². The Morgan fingerprint density at radius 1 is 1.00 bits per heavy atom. The maximum absolute atomic E-state index is 3.85. The van der Waals surface area contributed by atoms with Gasteiger partial charge in [0.15, 0.2) is 0 Å². The number of hydrogen-bond donors (Lipinski definition) is 1. The van der Waals surface area contributed by atoms with Gasteiger partial charge in [0, 0.05) is 12.1 Å². The van der Waals surface area contributed by atoms with Crippen LogP contribution in [0.15, 0.2) is 0 Å². The van der Waals surface area contributed by atoms with Crippen molar-refractivity contribution in [2.75, 3.05) is 0 Å². The van der Waals surface area contributed by atoms with Gasteiger partial charge < -0.3 is 5.32 Å². The molecule has 76 valence electrons. The second-order valence-corrected chi connectivity index (χ2v) is 4.88. The second-order valence-electron chi connectivity index (χ2n) is 4.88. The summed E-state index contributed by atoms with van der Waals surface area (Å²) in [6.07, 6.45) is 8.56. The van der Waals surface area contributed by atoms with Crippen molar-refractivity contribution in [3.05, 3.63) is 0 Å². The van der Waals surface area contributed by atoms with E-state index in [2.05, 4.69) is 19.2 Å². The fourth-order valence-electron chi connectivity index (χ4n) is 2.92. The zero-order valence-corrected chi connectivity index (χ0v) is 9.05. The van der Waals surface area contributed by atoms with Crippen molar-refractivity contribution in [3.8, 4) is 0 Å². The zero-order chi connectivity index (χ0) is 9.26. The topological polar surface area (TPSA) is 12.0 Å². The highest BCUT2D eigenvalue weighted by Crippen LogP contribution is 2.37. The van der Waals surface area contributed by atoms with Crippen LogP contribution in [0.1, 0.15) is 52.4 Å². The van der Waals surface area contributed by atoms with Crippen molar-refractivity contribution in [1.29, 1.82) is 0 Å². The van der Waals surface area contributed by atoms with Gasteiger partial charge in [-0.15, -0.1) is 0 Å². The Kier molecular flexibility index (Phi) is 2.92. The first-order chi connectivity index (χ1) is 6.35. The molecule has 0 amide bonds. The lowest BCUT2D eigenvalue weighted by atomic mass is 10.0. The number of rotatable bonds is 4. The molecule has 2 aliphatic rings. The summed E-state index contributed by atoms with van der Waals surface area (Å²) < 4.78 is 0. The van der Waals surface area contributed by atoms with E-state index in [1.165, 1.54) is 38.5 Å². The molecule has 0 aromatic carbocycles. The van der Waals surface area contributed by atoms with E-state index in [1.54, 1.807) is 0 Å². The first-order valence-electron chi connectivity index (χ1n) is 6.11. The highest BCUT2D eigenvalue weighted by atomic mass is 15.0. The summed E-state index contributed by atoms with van der Waals surface area (Å²) in [6.45, 7) is 4.66. The normalized spacial score (nSPS) is 43.8. The minimum absolute atomic E-state index is 0.867. The van der Waals surface area contributed by atoms with E-state index in [0.717, 1.165) is 23.9 Å². The van der Waals surface area contributed by atoms with Crippen LogP contribution in [0.2, 0.25) is 0 Å². The number of hydrogen-bond acceptors (Lipinski definition) is 1. The Hall–Kier alpha value is -0.0400. The van der Waals surface area contributed by atoms with E-state index in [1.807, 2.05) is 0 Å². The summed E-state index contributed by atoms with van der Waals surface area (Å²) in [6, 6.07) is 1.76. The summed E-state index contributed by atoms with van der Waals surface area (Å²) in [4.78, 5) is 0. The average molecular weight is 181 g/mol.